The highest BCUT2D eigenvalue weighted by Gasteiger charge is 2.29. The number of aliphatic carboxylic acids is 1. The van der Waals surface area contributed by atoms with E-state index >= 15 is 0 Å². The molecule has 0 aromatic carbocycles. The number of hydrogen-bond donors (Lipinski definition) is 2. The molecular weight excluding hydrogens is 230 g/mol. The molecule has 1 unspecified atom stereocenters. The molecule has 88 valence electrons. The lowest BCUT2D eigenvalue weighted by molar-refractivity contribution is -0.136. The summed E-state index contributed by atoms with van der Waals surface area (Å²) in [6.07, 6.45) is 2.07. The van der Waals surface area contributed by atoms with Crippen LogP contribution in [0.25, 0.3) is 0 Å². The molecule has 1 fully saturated rings. The van der Waals surface area contributed by atoms with Crippen LogP contribution >= 0.6 is 11.8 Å². The summed E-state index contributed by atoms with van der Waals surface area (Å²) in [4.78, 5) is 22.0. The van der Waals surface area contributed by atoms with Crippen molar-refractivity contribution in [2.24, 2.45) is 0 Å². The molecule has 1 saturated carbocycles. The minimum absolute atomic E-state index is 0.0659. The number of nitrogens with zero attached hydrogens (tertiary/aromatic N) is 2. The third-order valence-electron chi connectivity index (χ3n) is 2.35. The van der Waals surface area contributed by atoms with E-state index in [2.05, 4.69) is 10.2 Å². The standard InChI is InChI=1S/C9H13N3O3S/c1-5(4-7(13)14)16-9-11-10-8(15)12(9)6-2-3-6/h5-6H,2-4H2,1H3,(H,10,15)(H,13,14). The van der Waals surface area contributed by atoms with Gasteiger partial charge in [-0.3, -0.25) is 9.36 Å². The van der Waals surface area contributed by atoms with Crippen LogP contribution in [-0.4, -0.2) is 31.1 Å². The number of hydrogen-bond acceptors (Lipinski definition) is 4. The molecule has 0 spiro atoms. The maximum Gasteiger partial charge on any atom is 0.344 e. The molecule has 1 aliphatic carbocycles. The Labute approximate surface area is 96.0 Å². The van der Waals surface area contributed by atoms with Crippen molar-refractivity contribution in [1.29, 1.82) is 0 Å². The monoisotopic (exact) mass is 243 g/mol. The van der Waals surface area contributed by atoms with E-state index in [0.717, 1.165) is 12.8 Å². The molecule has 0 bridgehead atoms. The summed E-state index contributed by atoms with van der Waals surface area (Å²) >= 11 is 1.33. The van der Waals surface area contributed by atoms with Gasteiger partial charge in [-0.2, -0.15) is 0 Å². The van der Waals surface area contributed by atoms with Crippen LogP contribution in [0.3, 0.4) is 0 Å². The fourth-order valence-corrected chi connectivity index (χ4v) is 2.53. The summed E-state index contributed by atoms with van der Waals surface area (Å²) < 4.78 is 1.63. The summed E-state index contributed by atoms with van der Waals surface area (Å²) in [5.74, 6) is -0.837. The number of carboxylic acids is 1. The van der Waals surface area contributed by atoms with Crippen LogP contribution in [0.5, 0.6) is 0 Å². The zero-order valence-corrected chi connectivity index (χ0v) is 9.66. The van der Waals surface area contributed by atoms with Crippen molar-refractivity contribution in [2.75, 3.05) is 0 Å². The molecule has 0 radical (unpaired) electrons. The maximum atomic E-state index is 11.4. The van der Waals surface area contributed by atoms with Gasteiger partial charge in [-0.05, 0) is 12.8 Å². The van der Waals surface area contributed by atoms with Crippen LogP contribution < -0.4 is 5.69 Å². The van der Waals surface area contributed by atoms with Crippen molar-refractivity contribution in [1.82, 2.24) is 14.8 Å². The van der Waals surface area contributed by atoms with E-state index in [9.17, 15) is 9.59 Å². The minimum Gasteiger partial charge on any atom is -0.481 e. The fraction of sp³-hybridized carbons (Fsp3) is 0.667. The predicted molar refractivity (Wildman–Crippen MR) is 58.7 cm³/mol. The lowest BCUT2D eigenvalue weighted by Gasteiger charge is -2.08. The molecule has 0 saturated heterocycles. The lowest BCUT2D eigenvalue weighted by atomic mass is 10.3. The van der Waals surface area contributed by atoms with Crippen LogP contribution in [0.4, 0.5) is 0 Å². The summed E-state index contributed by atoms with van der Waals surface area (Å²) in [5.41, 5.74) is -0.201. The first-order chi connectivity index (χ1) is 7.58. The zero-order chi connectivity index (χ0) is 11.7. The molecule has 1 atom stereocenters. The smallest absolute Gasteiger partial charge is 0.344 e. The average molecular weight is 243 g/mol. The van der Waals surface area contributed by atoms with Gasteiger partial charge in [-0.25, -0.2) is 9.89 Å². The van der Waals surface area contributed by atoms with E-state index in [1.165, 1.54) is 11.8 Å². The normalized spacial score (nSPS) is 17.3. The summed E-state index contributed by atoms with van der Waals surface area (Å²) in [6, 6.07) is 0.255. The third-order valence-corrected chi connectivity index (χ3v) is 3.42. The van der Waals surface area contributed by atoms with Gasteiger partial charge in [-0.15, -0.1) is 5.10 Å². The second-order valence-corrected chi connectivity index (χ2v) is 5.34. The van der Waals surface area contributed by atoms with Gasteiger partial charge in [0, 0.05) is 11.3 Å². The molecule has 2 rings (SSSR count). The van der Waals surface area contributed by atoms with Crippen molar-refractivity contribution in [2.45, 2.75) is 42.6 Å². The number of aromatic amines is 1. The first-order valence-electron chi connectivity index (χ1n) is 5.13. The molecule has 16 heavy (non-hydrogen) atoms. The van der Waals surface area contributed by atoms with Crippen LogP contribution in [0.2, 0.25) is 0 Å². The van der Waals surface area contributed by atoms with Gasteiger partial charge >= 0.3 is 11.7 Å². The van der Waals surface area contributed by atoms with Crippen molar-refractivity contribution in [3.63, 3.8) is 0 Å². The largest absolute Gasteiger partial charge is 0.481 e. The molecule has 2 N–H and O–H groups in total. The van der Waals surface area contributed by atoms with Crippen LogP contribution in [0.1, 0.15) is 32.2 Å². The Morgan fingerprint density at radius 3 is 3.00 bits per heavy atom. The van der Waals surface area contributed by atoms with E-state index in [0.29, 0.717) is 5.16 Å². The molecule has 1 aromatic heterocycles. The summed E-state index contributed by atoms with van der Waals surface area (Å²) in [6.45, 7) is 1.81. The van der Waals surface area contributed by atoms with E-state index in [4.69, 9.17) is 5.11 Å². The Morgan fingerprint density at radius 1 is 1.75 bits per heavy atom. The number of rotatable bonds is 5. The third kappa shape index (κ3) is 2.46. The molecular formula is C9H13N3O3S. The van der Waals surface area contributed by atoms with Gasteiger partial charge in [0.2, 0.25) is 0 Å². The van der Waals surface area contributed by atoms with Crippen molar-refractivity contribution in [3.8, 4) is 0 Å². The summed E-state index contributed by atoms with van der Waals surface area (Å²) in [5, 5.41) is 15.5. The SMILES string of the molecule is CC(CC(=O)O)Sc1n[nH]c(=O)n1C1CC1. The van der Waals surface area contributed by atoms with E-state index < -0.39 is 5.97 Å². The average Bonchev–Trinajstić information content (AvgIpc) is 2.92. The lowest BCUT2D eigenvalue weighted by Crippen LogP contribution is -2.17. The summed E-state index contributed by atoms with van der Waals surface area (Å²) in [7, 11) is 0. The second-order valence-electron chi connectivity index (χ2n) is 3.94. The van der Waals surface area contributed by atoms with Crippen molar-refractivity contribution in [3.05, 3.63) is 10.5 Å². The van der Waals surface area contributed by atoms with E-state index in [1.54, 1.807) is 4.57 Å². The van der Waals surface area contributed by atoms with Crippen molar-refractivity contribution >= 4 is 17.7 Å². The Bertz CT molecular complexity index is 449. The Morgan fingerprint density at radius 2 is 2.44 bits per heavy atom. The fourth-order valence-electron chi connectivity index (χ4n) is 1.50. The Hall–Kier alpha value is -1.24. The number of aromatic nitrogens is 3. The van der Waals surface area contributed by atoms with Gasteiger partial charge in [0.25, 0.3) is 0 Å². The van der Waals surface area contributed by atoms with Crippen LogP contribution in [0, 0.1) is 0 Å². The maximum absolute atomic E-state index is 11.4. The quantitative estimate of drug-likeness (QED) is 0.749. The van der Waals surface area contributed by atoms with Gasteiger partial charge < -0.3 is 5.11 Å². The highest BCUT2D eigenvalue weighted by atomic mass is 32.2. The molecule has 7 heteroatoms. The second kappa shape index (κ2) is 4.32. The first kappa shape index (κ1) is 11.3. The number of thioether (sulfide) groups is 1. The van der Waals surface area contributed by atoms with Gasteiger partial charge in [-0.1, -0.05) is 18.7 Å². The van der Waals surface area contributed by atoms with E-state index in [-0.39, 0.29) is 23.4 Å². The molecule has 1 aromatic rings. The van der Waals surface area contributed by atoms with Crippen molar-refractivity contribution < 1.29 is 9.90 Å². The topological polar surface area (TPSA) is 88.0 Å². The van der Waals surface area contributed by atoms with Gasteiger partial charge in [0.1, 0.15) is 0 Å². The van der Waals surface area contributed by atoms with Crippen LogP contribution in [-0.2, 0) is 4.79 Å². The molecule has 6 nitrogen and oxygen atoms in total. The van der Waals surface area contributed by atoms with Crippen LogP contribution in [0.15, 0.2) is 9.95 Å². The first-order valence-corrected chi connectivity index (χ1v) is 6.01. The zero-order valence-electron chi connectivity index (χ0n) is 8.84. The highest BCUT2D eigenvalue weighted by Crippen LogP contribution is 2.36. The van der Waals surface area contributed by atoms with Gasteiger partial charge in [0.15, 0.2) is 5.16 Å². The number of H-pyrrole nitrogens is 1. The number of carboxylic acid groups (broad SMARTS) is 1. The molecule has 1 heterocycles. The molecule has 0 amide bonds. The number of nitrogens with one attached hydrogen (secondary N) is 1. The highest BCUT2D eigenvalue weighted by molar-refractivity contribution is 7.99. The van der Waals surface area contributed by atoms with E-state index in [1.807, 2.05) is 6.92 Å². The number of carbonyl (C=O) groups is 1. The minimum atomic E-state index is -0.837. The van der Waals surface area contributed by atoms with Gasteiger partial charge in [0.05, 0.1) is 6.42 Å². The predicted octanol–water partition coefficient (Wildman–Crippen LogP) is 0.862. The molecule has 1 aliphatic rings. The Balaban J connectivity index is 2.09. The Kier molecular flexibility index (Phi) is 3.04. The molecule has 0 aliphatic heterocycles.